The van der Waals surface area contributed by atoms with Crippen LogP contribution in [0.3, 0.4) is 0 Å². The van der Waals surface area contributed by atoms with Gasteiger partial charge in [0.05, 0.1) is 27.0 Å². The number of ether oxygens (including phenoxy) is 2. The molecule has 0 fully saturated rings. The second-order valence-electron chi connectivity index (χ2n) is 6.09. The molecule has 7 heteroatoms. The van der Waals surface area contributed by atoms with Gasteiger partial charge in [-0.25, -0.2) is 0 Å². The first kappa shape index (κ1) is 19.4. The average molecular weight is 360 g/mol. The monoisotopic (exact) mass is 360 g/mol. The van der Waals surface area contributed by atoms with Crippen LogP contribution in [0, 0.1) is 5.92 Å². The molecule has 0 aliphatic rings. The zero-order chi connectivity index (χ0) is 19.1. The van der Waals surface area contributed by atoms with Crippen LogP contribution in [0.2, 0.25) is 0 Å². The molecule has 1 aromatic heterocycles. The molecule has 0 aliphatic carbocycles. The zero-order valence-electron chi connectivity index (χ0n) is 15.4. The molecule has 0 bridgehead atoms. The van der Waals surface area contributed by atoms with E-state index in [0.29, 0.717) is 22.8 Å². The molecule has 0 spiro atoms. The Labute approximate surface area is 152 Å². The summed E-state index contributed by atoms with van der Waals surface area (Å²) in [7, 11) is 3.02. The number of methoxy groups -OCH3 is 2. The van der Waals surface area contributed by atoms with Crippen molar-refractivity contribution in [2.24, 2.45) is 5.92 Å². The van der Waals surface area contributed by atoms with Gasteiger partial charge >= 0.3 is 0 Å². The van der Waals surface area contributed by atoms with Gasteiger partial charge in [-0.3, -0.25) is 9.59 Å². The van der Waals surface area contributed by atoms with Gasteiger partial charge in [0.1, 0.15) is 23.3 Å². The Hall–Kier alpha value is -2.96. The molecule has 0 radical (unpaired) electrons. The highest BCUT2D eigenvalue weighted by Gasteiger charge is 2.25. The molecule has 2 rings (SSSR count). The minimum atomic E-state index is -0.686. The van der Waals surface area contributed by atoms with Crippen LogP contribution >= 0.6 is 0 Å². The lowest BCUT2D eigenvalue weighted by atomic mass is 10.0. The molecule has 7 nitrogen and oxygen atoms in total. The van der Waals surface area contributed by atoms with Crippen molar-refractivity contribution in [2.75, 3.05) is 14.2 Å². The first-order chi connectivity index (χ1) is 12.4. The van der Waals surface area contributed by atoms with Gasteiger partial charge in [0, 0.05) is 11.6 Å². The second-order valence-corrected chi connectivity index (χ2v) is 6.09. The second kappa shape index (κ2) is 8.94. The lowest BCUT2D eigenvalue weighted by molar-refractivity contribution is -0.124. The fourth-order valence-electron chi connectivity index (χ4n) is 2.40. The Kier molecular flexibility index (Phi) is 6.66. The van der Waals surface area contributed by atoms with Crippen LogP contribution in [-0.4, -0.2) is 32.1 Å². The standard InChI is InChI=1S/C19H24N2O5/c1-12(2)17(19(23)20-11-14-6-5-7-26-14)21-18(22)13-8-15(24-3)10-16(9-13)25-4/h5-10,12,17H,11H2,1-4H3,(H,20,23)(H,21,22)/t17-/m1/s1. The maximum atomic E-state index is 12.6. The Morgan fingerprint density at radius 2 is 1.77 bits per heavy atom. The Balaban J connectivity index is 2.08. The van der Waals surface area contributed by atoms with Crippen molar-refractivity contribution < 1.29 is 23.5 Å². The van der Waals surface area contributed by atoms with E-state index in [-0.39, 0.29) is 24.3 Å². The first-order valence-corrected chi connectivity index (χ1v) is 8.28. The van der Waals surface area contributed by atoms with Crippen molar-refractivity contribution in [3.05, 3.63) is 47.9 Å². The van der Waals surface area contributed by atoms with E-state index in [1.807, 2.05) is 13.8 Å². The smallest absolute Gasteiger partial charge is 0.252 e. The Bertz CT molecular complexity index is 718. The number of carbonyl (C=O) groups is 2. The van der Waals surface area contributed by atoms with Gasteiger partial charge < -0.3 is 24.5 Å². The van der Waals surface area contributed by atoms with E-state index in [0.717, 1.165) is 0 Å². The van der Waals surface area contributed by atoms with Crippen LogP contribution in [0.1, 0.15) is 30.0 Å². The third-order valence-corrected chi connectivity index (χ3v) is 3.87. The minimum absolute atomic E-state index is 0.0944. The van der Waals surface area contributed by atoms with Crippen molar-refractivity contribution in [2.45, 2.75) is 26.4 Å². The molecule has 0 aliphatic heterocycles. The Morgan fingerprint density at radius 1 is 1.12 bits per heavy atom. The van der Waals surface area contributed by atoms with Crippen molar-refractivity contribution in [3.8, 4) is 11.5 Å². The van der Waals surface area contributed by atoms with Crippen molar-refractivity contribution >= 4 is 11.8 Å². The number of rotatable bonds is 8. The molecular weight excluding hydrogens is 336 g/mol. The summed E-state index contributed by atoms with van der Waals surface area (Å²) in [5, 5.41) is 5.54. The van der Waals surface area contributed by atoms with Gasteiger partial charge in [-0.05, 0) is 30.2 Å². The summed E-state index contributed by atoms with van der Waals surface area (Å²) in [6.07, 6.45) is 1.54. The van der Waals surface area contributed by atoms with Gasteiger partial charge in [0.25, 0.3) is 5.91 Å². The summed E-state index contributed by atoms with van der Waals surface area (Å²) < 4.78 is 15.6. The lowest BCUT2D eigenvalue weighted by Gasteiger charge is -2.21. The highest BCUT2D eigenvalue weighted by Crippen LogP contribution is 2.22. The first-order valence-electron chi connectivity index (χ1n) is 8.28. The van der Waals surface area contributed by atoms with E-state index in [1.165, 1.54) is 14.2 Å². The SMILES string of the molecule is COc1cc(OC)cc(C(=O)N[C@@H](C(=O)NCc2ccco2)C(C)C)c1. The molecule has 0 unspecified atom stereocenters. The van der Waals surface area contributed by atoms with Crippen molar-refractivity contribution in [3.63, 3.8) is 0 Å². The van der Waals surface area contributed by atoms with E-state index in [4.69, 9.17) is 13.9 Å². The topological polar surface area (TPSA) is 89.8 Å². The van der Waals surface area contributed by atoms with Gasteiger partial charge in [0.15, 0.2) is 0 Å². The van der Waals surface area contributed by atoms with Gasteiger partial charge in [-0.15, -0.1) is 0 Å². The van der Waals surface area contributed by atoms with Crippen LogP contribution in [0.5, 0.6) is 11.5 Å². The number of hydrogen-bond donors (Lipinski definition) is 2. The van der Waals surface area contributed by atoms with E-state index >= 15 is 0 Å². The van der Waals surface area contributed by atoms with E-state index in [9.17, 15) is 9.59 Å². The van der Waals surface area contributed by atoms with Crippen LogP contribution in [0.25, 0.3) is 0 Å². The molecule has 2 amide bonds. The normalized spacial score (nSPS) is 11.7. The zero-order valence-corrected chi connectivity index (χ0v) is 15.4. The molecule has 140 valence electrons. The molecule has 2 aromatic rings. The highest BCUT2D eigenvalue weighted by atomic mass is 16.5. The Morgan fingerprint density at radius 3 is 2.27 bits per heavy atom. The molecule has 0 saturated heterocycles. The summed E-state index contributed by atoms with van der Waals surface area (Å²) in [6, 6.07) is 7.69. The van der Waals surface area contributed by atoms with Gasteiger partial charge in [-0.1, -0.05) is 13.8 Å². The minimum Gasteiger partial charge on any atom is -0.497 e. The van der Waals surface area contributed by atoms with Crippen LogP contribution in [0.15, 0.2) is 41.0 Å². The molecule has 1 aromatic carbocycles. The number of amides is 2. The number of furan rings is 1. The number of carbonyl (C=O) groups excluding carboxylic acids is 2. The summed E-state index contributed by atoms with van der Waals surface area (Å²) in [5.41, 5.74) is 0.352. The van der Waals surface area contributed by atoms with E-state index < -0.39 is 6.04 Å². The van der Waals surface area contributed by atoms with Crippen molar-refractivity contribution in [1.29, 1.82) is 0 Å². The summed E-state index contributed by atoms with van der Waals surface area (Å²) >= 11 is 0. The molecule has 1 atom stereocenters. The predicted molar refractivity (Wildman–Crippen MR) is 96.2 cm³/mol. The lowest BCUT2D eigenvalue weighted by Crippen LogP contribution is -2.49. The van der Waals surface area contributed by atoms with Gasteiger partial charge in [-0.2, -0.15) is 0 Å². The number of benzene rings is 1. The maximum Gasteiger partial charge on any atom is 0.252 e. The largest absolute Gasteiger partial charge is 0.497 e. The molecule has 2 N–H and O–H groups in total. The van der Waals surface area contributed by atoms with Crippen LogP contribution < -0.4 is 20.1 Å². The number of nitrogens with one attached hydrogen (secondary N) is 2. The third kappa shape index (κ3) is 5.02. The molecule has 1 heterocycles. The fraction of sp³-hybridized carbons (Fsp3) is 0.368. The average Bonchev–Trinajstić information content (AvgIpc) is 3.16. The molecular formula is C19H24N2O5. The fourth-order valence-corrected chi connectivity index (χ4v) is 2.40. The van der Waals surface area contributed by atoms with Gasteiger partial charge in [0.2, 0.25) is 5.91 Å². The third-order valence-electron chi connectivity index (χ3n) is 3.87. The predicted octanol–water partition coefficient (Wildman–Crippen LogP) is 2.37. The maximum absolute atomic E-state index is 12.6. The summed E-state index contributed by atoms with van der Waals surface area (Å²) in [6.45, 7) is 3.99. The summed E-state index contributed by atoms with van der Waals surface area (Å²) in [5.74, 6) is 0.886. The van der Waals surface area contributed by atoms with Crippen LogP contribution in [-0.2, 0) is 11.3 Å². The number of hydrogen-bond acceptors (Lipinski definition) is 5. The summed E-state index contributed by atoms with van der Waals surface area (Å²) in [4.78, 5) is 25.1. The molecule has 0 saturated carbocycles. The van der Waals surface area contributed by atoms with Crippen LogP contribution in [0.4, 0.5) is 0 Å². The van der Waals surface area contributed by atoms with Crippen molar-refractivity contribution in [1.82, 2.24) is 10.6 Å². The molecule has 26 heavy (non-hydrogen) atoms. The highest BCUT2D eigenvalue weighted by molar-refractivity contribution is 5.98. The van der Waals surface area contributed by atoms with E-state index in [1.54, 1.807) is 36.6 Å². The van der Waals surface area contributed by atoms with E-state index in [2.05, 4.69) is 10.6 Å². The quantitative estimate of drug-likeness (QED) is 0.754.